The van der Waals surface area contributed by atoms with Crippen molar-refractivity contribution < 1.29 is 9.59 Å². The number of allylic oxidation sites excluding steroid dienone is 3. The van der Waals surface area contributed by atoms with Crippen LogP contribution in [-0.2, 0) is 4.79 Å². The molecule has 0 fully saturated rings. The van der Waals surface area contributed by atoms with Gasteiger partial charge in [-0.3, -0.25) is 20.4 Å². The highest BCUT2D eigenvalue weighted by atomic mass is 16.2. The van der Waals surface area contributed by atoms with E-state index in [1.165, 1.54) is 6.08 Å². The lowest BCUT2D eigenvalue weighted by atomic mass is 10.2. The minimum atomic E-state index is -0.464. The number of carbonyl (C=O) groups excluding carboxylic acids is 2. The summed E-state index contributed by atoms with van der Waals surface area (Å²) >= 11 is 0. The van der Waals surface area contributed by atoms with Crippen LogP contribution in [0.15, 0.2) is 60.7 Å². The number of fused-ring (bicyclic) bond motifs is 1. The minimum Gasteiger partial charge on any atom is -0.268 e. The largest absolute Gasteiger partial charge is 0.288 e. The van der Waals surface area contributed by atoms with Crippen molar-refractivity contribution in [1.82, 2.24) is 15.8 Å². The van der Waals surface area contributed by atoms with Crippen molar-refractivity contribution >= 4 is 22.7 Å². The van der Waals surface area contributed by atoms with Crippen molar-refractivity contribution in [2.45, 2.75) is 6.92 Å². The third-order valence-corrected chi connectivity index (χ3v) is 2.68. The quantitative estimate of drug-likeness (QED) is 0.514. The fourth-order valence-corrected chi connectivity index (χ4v) is 1.67. The fraction of sp³-hybridized carbons (Fsp3) is 0.0625. The Morgan fingerprint density at radius 3 is 2.67 bits per heavy atom. The van der Waals surface area contributed by atoms with E-state index in [0.717, 1.165) is 10.9 Å². The lowest BCUT2D eigenvalue weighted by Crippen LogP contribution is -2.41. The topological polar surface area (TPSA) is 71.1 Å². The van der Waals surface area contributed by atoms with E-state index in [0.29, 0.717) is 0 Å². The van der Waals surface area contributed by atoms with E-state index in [-0.39, 0.29) is 5.69 Å². The van der Waals surface area contributed by atoms with Gasteiger partial charge in [0.2, 0.25) is 0 Å². The first-order valence-electron chi connectivity index (χ1n) is 6.46. The Balaban J connectivity index is 2.00. The van der Waals surface area contributed by atoms with Crippen molar-refractivity contribution in [1.29, 1.82) is 0 Å². The van der Waals surface area contributed by atoms with Gasteiger partial charge >= 0.3 is 0 Å². The lowest BCUT2D eigenvalue weighted by molar-refractivity contribution is -0.117. The molecule has 0 radical (unpaired) electrons. The van der Waals surface area contributed by atoms with Crippen LogP contribution in [0.25, 0.3) is 10.9 Å². The molecule has 0 saturated carbocycles. The highest BCUT2D eigenvalue weighted by molar-refractivity contribution is 5.97. The normalized spacial score (nSPS) is 11.1. The number of carbonyl (C=O) groups is 2. The van der Waals surface area contributed by atoms with Gasteiger partial charge in [-0.2, -0.15) is 0 Å². The molecule has 0 atom stereocenters. The summed E-state index contributed by atoms with van der Waals surface area (Å²) in [6.07, 6.45) is 6.40. The van der Waals surface area contributed by atoms with E-state index in [2.05, 4.69) is 15.8 Å². The maximum Gasteiger partial charge on any atom is 0.288 e. The highest BCUT2D eigenvalue weighted by Gasteiger charge is 2.08. The Morgan fingerprint density at radius 1 is 1.05 bits per heavy atom. The summed E-state index contributed by atoms with van der Waals surface area (Å²) < 4.78 is 0. The molecule has 0 aliphatic heterocycles. The van der Waals surface area contributed by atoms with Gasteiger partial charge in [-0.05, 0) is 19.1 Å². The zero-order valence-electron chi connectivity index (χ0n) is 11.5. The van der Waals surface area contributed by atoms with Crippen LogP contribution in [0.5, 0.6) is 0 Å². The third kappa shape index (κ3) is 4.01. The second-order valence-electron chi connectivity index (χ2n) is 4.22. The fourth-order valence-electron chi connectivity index (χ4n) is 1.67. The van der Waals surface area contributed by atoms with Crippen LogP contribution in [0, 0.1) is 0 Å². The number of hydrogen-bond acceptors (Lipinski definition) is 3. The minimum absolute atomic E-state index is 0.242. The Labute approximate surface area is 122 Å². The predicted octanol–water partition coefficient (Wildman–Crippen LogP) is 2.13. The average molecular weight is 281 g/mol. The monoisotopic (exact) mass is 281 g/mol. The molecular formula is C16H15N3O2. The van der Waals surface area contributed by atoms with Crippen LogP contribution < -0.4 is 10.9 Å². The molecule has 0 aliphatic rings. The van der Waals surface area contributed by atoms with Crippen molar-refractivity contribution in [2.75, 3.05) is 0 Å². The van der Waals surface area contributed by atoms with E-state index >= 15 is 0 Å². The summed E-state index contributed by atoms with van der Waals surface area (Å²) in [4.78, 5) is 27.5. The molecule has 21 heavy (non-hydrogen) atoms. The van der Waals surface area contributed by atoms with Gasteiger partial charge in [-0.25, -0.2) is 4.98 Å². The van der Waals surface area contributed by atoms with Crippen LogP contribution in [0.2, 0.25) is 0 Å². The zero-order chi connectivity index (χ0) is 15.1. The number of rotatable bonds is 3. The number of para-hydroxylation sites is 1. The number of hydrazine groups is 1. The molecule has 1 heterocycles. The lowest BCUT2D eigenvalue weighted by Gasteiger charge is -2.05. The summed E-state index contributed by atoms with van der Waals surface area (Å²) in [6, 6.07) is 10.9. The smallest absolute Gasteiger partial charge is 0.268 e. The molecule has 0 saturated heterocycles. The Hall–Kier alpha value is -2.95. The van der Waals surface area contributed by atoms with Crippen LogP contribution in [-0.4, -0.2) is 16.8 Å². The van der Waals surface area contributed by atoms with Gasteiger partial charge in [0.1, 0.15) is 5.69 Å². The average Bonchev–Trinajstić information content (AvgIpc) is 2.52. The second kappa shape index (κ2) is 7.00. The van der Waals surface area contributed by atoms with Crippen LogP contribution in [0.1, 0.15) is 17.4 Å². The number of amides is 2. The molecule has 0 spiro atoms. The molecule has 2 N–H and O–H groups in total. The first-order chi connectivity index (χ1) is 10.2. The van der Waals surface area contributed by atoms with E-state index < -0.39 is 11.8 Å². The molecule has 5 nitrogen and oxygen atoms in total. The number of nitrogens with zero attached hydrogens (tertiary/aromatic N) is 1. The van der Waals surface area contributed by atoms with Crippen LogP contribution >= 0.6 is 0 Å². The van der Waals surface area contributed by atoms with Crippen LogP contribution in [0.3, 0.4) is 0 Å². The molecule has 1 aromatic heterocycles. The molecular weight excluding hydrogens is 266 g/mol. The summed E-state index contributed by atoms with van der Waals surface area (Å²) in [5.41, 5.74) is 5.57. The van der Waals surface area contributed by atoms with Crippen molar-refractivity contribution in [2.24, 2.45) is 0 Å². The summed E-state index contributed by atoms with van der Waals surface area (Å²) in [7, 11) is 0. The maximum absolute atomic E-state index is 11.9. The molecule has 1 aromatic carbocycles. The van der Waals surface area contributed by atoms with E-state index in [9.17, 15) is 9.59 Å². The SMILES string of the molecule is C/C=C/C=C/C(=O)NNC(=O)c1ccc2ccccc2n1. The van der Waals surface area contributed by atoms with Crippen molar-refractivity contribution in [3.63, 3.8) is 0 Å². The Bertz CT molecular complexity index is 720. The molecule has 0 unspecified atom stereocenters. The molecule has 0 aliphatic carbocycles. The van der Waals surface area contributed by atoms with Crippen molar-refractivity contribution in [3.05, 3.63) is 66.4 Å². The first-order valence-corrected chi connectivity index (χ1v) is 6.46. The van der Waals surface area contributed by atoms with Crippen LogP contribution in [0.4, 0.5) is 0 Å². The Kier molecular flexibility index (Phi) is 4.82. The number of nitrogens with one attached hydrogen (secondary N) is 2. The van der Waals surface area contributed by atoms with E-state index in [4.69, 9.17) is 0 Å². The molecule has 2 rings (SSSR count). The third-order valence-electron chi connectivity index (χ3n) is 2.68. The van der Waals surface area contributed by atoms with E-state index in [1.54, 1.807) is 24.3 Å². The number of aromatic nitrogens is 1. The standard InChI is InChI=1S/C16H15N3O2/c1-2-3-4-9-15(20)18-19-16(21)14-11-10-12-7-5-6-8-13(12)17-14/h2-11H,1H3,(H,18,20)(H,19,21)/b3-2+,9-4+. The molecule has 5 heteroatoms. The van der Waals surface area contributed by atoms with E-state index in [1.807, 2.05) is 37.3 Å². The number of pyridine rings is 1. The molecule has 2 amide bonds. The molecule has 0 bridgehead atoms. The van der Waals surface area contributed by atoms with Gasteiger partial charge in [0, 0.05) is 11.5 Å². The molecule has 106 valence electrons. The van der Waals surface area contributed by atoms with Gasteiger partial charge < -0.3 is 0 Å². The summed E-state index contributed by atoms with van der Waals surface area (Å²) in [5, 5.41) is 0.951. The number of hydrogen-bond donors (Lipinski definition) is 2. The number of benzene rings is 1. The highest BCUT2D eigenvalue weighted by Crippen LogP contribution is 2.11. The van der Waals surface area contributed by atoms with Gasteiger partial charge in [-0.1, -0.05) is 42.5 Å². The first kappa shape index (κ1) is 14.5. The summed E-state index contributed by atoms with van der Waals surface area (Å²) in [6.45, 7) is 1.84. The Morgan fingerprint density at radius 2 is 1.86 bits per heavy atom. The van der Waals surface area contributed by atoms with Gasteiger partial charge in [-0.15, -0.1) is 0 Å². The predicted molar refractivity (Wildman–Crippen MR) is 81.3 cm³/mol. The van der Waals surface area contributed by atoms with Gasteiger partial charge in [0.25, 0.3) is 11.8 Å². The van der Waals surface area contributed by atoms with Crippen molar-refractivity contribution in [3.8, 4) is 0 Å². The maximum atomic E-state index is 11.9. The second-order valence-corrected chi connectivity index (χ2v) is 4.22. The van der Waals surface area contributed by atoms with Gasteiger partial charge in [0.05, 0.1) is 5.52 Å². The summed E-state index contributed by atoms with van der Waals surface area (Å²) in [5.74, 6) is -0.879. The van der Waals surface area contributed by atoms with Gasteiger partial charge in [0.15, 0.2) is 0 Å². The molecule has 2 aromatic rings. The zero-order valence-corrected chi connectivity index (χ0v) is 11.5.